The molecule has 1 aromatic rings. The van der Waals surface area contributed by atoms with Gasteiger partial charge < -0.3 is 5.73 Å². The summed E-state index contributed by atoms with van der Waals surface area (Å²) < 4.78 is 28.8. The summed E-state index contributed by atoms with van der Waals surface area (Å²) >= 11 is 0. The zero-order valence-corrected chi connectivity index (χ0v) is 13.3. The first kappa shape index (κ1) is 16.9. The fourth-order valence-electron chi connectivity index (χ4n) is 1.74. The van der Waals surface area contributed by atoms with Crippen molar-refractivity contribution in [2.24, 2.45) is 11.7 Å². The van der Waals surface area contributed by atoms with Crippen molar-refractivity contribution in [3.8, 4) is 0 Å². The first-order valence-electron chi connectivity index (χ1n) is 6.97. The molecule has 0 heterocycles. The molecule has 5 nitrogen and oxygen atoms in total. The van der Waals surface area contributed by atoms with Crippen LogP contribution in [0.15, 0.2) is 24.3 Å². The molecule has 0 saturated carbocycles. The van der Waals surface area contributed by atoms with Crippen LogP contribution >= 0.6 is 0 Å². The van der Waals surface area contributed by atoms with Crippen molar-refractivity contribution in [1.29, 1.82) is 0 Å². The third-order valence-corrected chi connectivity index (χ3v) is 4.36. The highest BCUT2D eigenvalue weighted by Gasteiger charge is 2.21. The van der Waals surface area contributed by atoms with Crippen molar-refractivity contribution in [3.63, 3.8) is 0 Å². The Morgan fingerprint density at radius 1 is 1.25 bits per heavy atom. The van der Waals surface area contributed by atoms with E-state index in [-0.39, 0.29) is 5.92 Å². The normalized spacial score (nSPS) is 11.8. The van der Waals surface area contributed by atoms with E-state index in [0.717, 1.165) is 12.0 Å². The van der Waals surface area contributed by atoms with Crippen molar-refractivity contribution in [1.82, 2.24) is 4.72 Å². The molecule has 1 aromatic carbocycles. The molecule has 0 aliphatic carbocycles. The molecular weight excluding hydrogens is 274 g/mol. The molecule has 0 aliphatic heterocycles. The second kappa shape index (κ2) is 7.61. The summed E-state index contributed by atoms with van der Waals surface area (Å²) in [6.45, 7) is 7.25. The van der Waals surface area contributed by atoms with E-state index in [1.807, 2.05) is 32.9 Å². The Kier molecular flexibility index (Phi) is 6.45. The lowest BCUT2D eigenvalue weighted by atomic mass is 10.2. The third-order valence-electron chi connectivity index (χ3n) is 2.85. The Morgan fingerprint density at radius 2 is 1.85 bits per heavy atom. The van der Waals surface area contributed by atoms with E-state index >= 15 is 0 Å². The van der Waals surface area contributed by atoms with Crippen LogP contribution < -0.4 is 14.8 Å². The van der Waals surface area contributed by atoms with Crippen LogP contribution in [0.4, 0.5) is 5.69 Å². The summed E-state index contributed by atoms with van der Waals surface area (Å²) in [5.74, 6) is 0.271. The molecule has 6 heteroatoms. The van der Waals surface area contributed by atoms with E-state index in [9.17, 15) is 8.42 Å². The van der Waals surface area contributed by atoms with Crippen molar-refractivity contribution in [3.05, 3.63) is 29.8 Å². The van der Waals surface area contributed by atoms with Gasteiger partial charge in [-0.25, -0.2) is 0 Å². The fraction of sp³-hybridized carbons (Fsp3) is 0.571. The van der Waals surface area contributed by atoms with Gasteiger partial charge in [-0.1, -0.05) is 32.9 Å². The SMILES string of the molecule is CCCN(c1ccc(CN)cc1)S(=O)(=O)NCC(C)C. The van der Waals surface area contributed by atoms with E-state index in [1.54, 1.807) is 12.1 Å². The van der Waals surface area contributed by atoms with Gasteiger partial charge in [0, 0.05) is 19.6 Å². The minimum absolute atomic E-state index is 0.271. The Morgan fingerprint density at radius 3 is 2.30 bits per heavy atom. The molecule has 0 unspecified atom stereocenters. The van der Waals surface area contributed by atoms with Crippen molar-refractivity contribution in [2.75, 3.05) is 17.4 Å². The molecule has 1 rings (SSSR count). The average molecular weight is 299 g/mol. The number of anilines is 1. The van der Waals surface area contributed by atoms with Crippen molar-refractivity contribution in [2.45, 2.75) is 33.7 Å². The van der Waals surface area contributed by atoms with E-state index in [1.165, 1.54) is 4.31 Å². The summed E-state index contributed by atoms with van der Waals surface area (Å²) in [5.41, 5.74) is 7.21. The van der Waals surface area contributed by atoms with Crippen LogP contribution in [0.5, 0.6) is 0 Å². The maximum Gasteiger partial charge on any atom is 0.301 e. The molecule has 0 aliphatic rings. The molecule has 0 atom stereocenters. The van der Waals surface area contributed by atoms with Crippen LogP contribution in [0.25, 0.3) is 0 Å². The van der Waals surface area contributed by atoms with Crippen LogP contribution in [-0.2, 0) is 16.8 Å². The highest BCUT2D eigenvalue weighted by atomic mass is 32.2. The summed E-state index contributed by atoms with van der Waals surface area (Å²) in [5, 5.41) is 0. The smallest absolute Gasteiger partial charge is 0.301 e. The Bertz CT molecular complexity index is 498. The van der Waals surface area contributed by atoms with Gasteiger partial charge in [-0.2, -0.15) is 13.1 Å². The van der Waals surface area contributed by atoms with E-state index in [4.69, 9.17) is 5.73 Å². The Labute approximate surface area is 122 Å². The zero-order valence-electron chi connectivity index (χ0n) is 12.5. The highest BCUT2D eigenvalue weighted by molar-refractivity contribution is 7.90. The first-order chi connectivity index (χ1) is 9.40. The molecule has 20 heavy (non-hydrogen) atoms. The largest absolute Gasteiger partial charge is 0.326 e. The Balaban J connectivity index is 2.96. The second-order valence-electron chi connectivity index (χ2n) is 5.19. The predicted molar refractivity (Wildman–Crippen MR) is 83.7 cm³/mol. The number of hydrogen-bond acceptors (Lipinski definition) is 3. The quantitative estimate of drug-likeness (QED) is 0.769. The fourth-order valence-corrected chi connectivity index (χ4v) is 3.26. The van der Waals surface area contributed by atoms with Gasteiger partial charge in [0.15, 0.2) is 0 Å². The molecular formula is C14H25N3O2S. The summed E-state index contributed by atoms with van der Waals surface area (Å²) in [4.78, 5) is 0. The standard InChI is InChI=1S/C14H25N3O2S/c1-4-9-17(20(18,19)16-11-12(2)3)14-7-5-13(10-15)6-8-14/h5-8,12,16H,4,9-11,15H2,1-3H3. The van der Waals surface area contributed by atoms with Gasteiger partial charge in [0.1, 0.15) is 0 Å². The number of benzene rings is 1. The summed E-state index contributed by atoms with van der Waals surface area (Å²) in [6.07, 6.45) is 0.751. The van der Waals surface area contributed by atoms with Crippen LogP contribution in [0.3, 0.4) is 0 Å². The third kappa shape index (κ3) is 4.77. The van der Waals surface area contributed by atoms with E-state index in [0.29, 0.717) is 25.3 Å². The second-order valence-corrected chi connectivity index (χ2v) is 6.87. The highest BCUT2D eigenvalue weighted by Crippen LogP contribution is 2.18. The van der Waals surface area contributed by atoms with Crippen molar-refractivity contribution >= 4 is 15.9 Å². The van der Waals surface area contributed by atoms with E-state index in [2.05, 4.69) is 4.72 Å². The van der Waals surface area contributed by atoms with Gasteiger partial charge in [-0.15, -0.1) is 0 Å². The number of nitrogens with one attached hydrogen (secondary N) is 1. The van der Waals surface area contributed by atoms with Gasteiger partial charge in [-0.3, -0.25) is 4.31 Å². The Hall–Kier alpha value is -1.11. The maximum atomic E-state index is 12.4. The lowest BCUT2D eigenvalue weighted by Crippen LogP contribution is -2.42. The molecule has 0 spiro atoms. The summed E-state index contributed by atoms with van der Waals surface area (Å²) in [6, 6.07) is 7.31. The number of rotatable bonds is 8. The molecule has 0 radical (unpaired) electrons. The van der Waals surface area contributed by atoms with Gasteiger partial charge >= 0.3 is 10.2 Å². The maximum absolute atomic E-state index is 12.4. The zero-order chi connectivity index (χ0) is 15.2. The number of nitrogens with two attached hydrogens (primary N) is 1. The average Bonchev–Trinajstić information content (AvgIpc) is 2.43. The van der Waals surface area contributed by atoms with Gasteiger partial charge in [-0.05, 0) is 30.0 Å². The lowest BCUT2D eigenvalue weighted by molar-refractivity contribution is 0.555. The van der Waals surface area contributed by atoms with Gasteiger partial charge in [0.2, 0.25) is 0 Å². The molecule has 114 valence electrons. The number of hydrogen-bond donors (Lipinski definition) is 2. The molecule has 0 aromatic heterocycles. The van der Waals surface area contributed by atoms with Gasteiger partial charge in [0.25, 0.3) is 0 Å². The van der Waals surface area contributed by atoms with Gasteiger partial charge in [0.05, 0.1) is 5.69 Å². The minimum atomic E-state index is -3.50. The van der Waals surface area contributed by atoms with Crippen molar-refractivity contribution < 1.29 is 8.42 Å². The van der Waals surface area contributed by atoms with Crippen LogP contribution in [-0.4, -0.2) is 21.5 Å². The number of nitrogens with zero attached hydrogens (tertiary/aromatic N) is 1. The van der Waals surface area contributed by atoms with Crippen LogP contribution in [0.1, 0.15) is 32.8 Å². The minimum Gasteiger partial charge on any atom is -0.326 e. The molecule has 0 saturated heterocycles. The van der Waals surface area contributed by atoms with E-state index < -0.39 is 10.2 Å². The first-order valence-corrected chi connectivity index (χ1v) is 8.41. The molecule has 0 amide bonds. The topological polar surface area (TPSA) is 75.4 Å². The van der Waals surface area contributed by atoms with Crippen LogP contribution in [0, 0.1) is 5.92 Å². The molecule has 0 fully saturated rings. The molecule has 3 N–H and O–H groups in total. The predicted octanol–water partition coefficient (Wildman–Crippen LogP) is 1.85. The molecule has 0 bridgehead atoms. The lowest BCUT2D eigenvalue weighted by Gasteiger charge is -2.25. The monoisotopic (exact) mass is 299 g/mol. The summed E-state index contributed by atoms with van der Waals surface area (Å²) in [7, 11) is -3.50. The van der Waals surface area contributed by atoms with Crippen LogP contribution in [0.2, 0.25) is 0 Å².